The van der Waals surface area contributed by atoms with Gasteiger partial charge in [-0.1, -0.05) is 19.9 Å². The molecule has 0 saturated carbocycles. The van der Waals surface area contributed by atoms with Crippen LogP contribution < -0.4 is 0 Å². The summed E-state index contributed by atoms with van der Waals surface area (Å²) in [6.07, 6.45) is -4.89. The first-order valence-electron chi connectivity index (χ1n) is 9.89. The second-order valence-electron chi connectivity index (χ2n) is 8.29. The summed E-state index contributed by atoms with van der Waals surface area (Å²) in [6, 6.07) is 5.73. The number of carboxylic acid groups (broad SMARTS) is 2. The van der Waals surface area contributed by atoms with Crippen LogP contribution in [0.3, 0.4) is 0 Å². The molecule has 0 radical (unpaired) electrons. The van der Waals surface area contributed by atoms with Gasteiger partial charge in [-0.25, -0.2) is 4.79 Å². The lowest BCUT2D eigenvalue weighted by molar-refractivity contribution is -0.150. The molecule has 1 aromatic heterocycles. The normalized spacial score (nSPS) is 23.5. The minimum atomic E-state index is -4.59. The molecule has 1 fully saturated rings. The molecule has 3 atom stereocenters. The Morgan fingerprint density at radius 1 is 1.16 bits per heavy atom. The summed E-state index contributed by atoms with van der Waals surface area (Å²) in [6.45, 7) is 3.53. The molecule has 1 aromatic carbocycles. The molecule has 1 aliphatic heterocycles. The lowest BCUT2D eigenvalue weighted by Crippen LogP contribution is -2.54. The van der Waals surface area contributed by atoms with Crippen LogP contribution in [0, 0.1) is 11.8 Å². The summed E-state index contributed by atoms with van der Waals surface area (Å²) >= 11 is 1.20. The number of likely N-dealkylation sites (tertiary alicyclic amines) is 1. The summed E-state index contributed by atoms with van der Waals surface area (Å²) in [5, 5.41) is 21.8. The summed E-state index contributed by atoms with van der Waals surface area (Å²) in [7, 11) is 0. The summed E-state index contributed by atoms with van der Waals surface area (Å²) in [5.41, 5.74) is -2.90. The summed E-state index contributed by atoms with van der Waals surface area (Å²) < 4.78 is 38.8. The number of hydrogen-bond acceptors (Lipinski definition) is 4. The van der Waals surface area contributed by atoms with Crippen molar-refractivity contribution in [2.45, 2.75) is 44.4 Å². The van der Waals surface area contributed by atoms with E-state index in [0.29, 0.717) is 4.88 Å². The number of benzene rings is 1. The van der Waals surface area contributed by atoms with Crippen LogP contribution in [0.4, 0.5) is 13.2 Å². The predicted octanol–water partition coefficient (Wildman–Crippen LogP) is 4.92. The molecule has 1 aliphatic rings. The number of carbonyl (C=O) groups is 3. The van der Waals surface area contributed by atoms with Crippen LogP contribution in [-0.4, -0.2) is 38.5 Å². The van der Waals surface area contributed by atoms with Gasteiger partial charge in [0.05, 0.1) is 17.5 Å². The third-order valence-corrected chi connectivity index (χ3v) is 6.59. The van der Waals surface area contributed by atoms with Crippen molar-refractivity contribution in [3.05, 3.63) is 57.8 Å². The van der Waals surface area contributed by atoms with E-state index in [2.05, 4.69) is 0 Å². The standard InChI is InChI=1S/C22H22F3NO5S/c1-12(2)10-21(20(30)31)11-15(19(28)29)17(16-4-3-9-32-16)26(21)18(27)13-5-7-14(8-6-13)22(23,24)25/h3-9,12,15,17H,10-11H2,1-2H3,(H,28,29)(H,30,31)/t15-,17-,21-/m0/s1. The Morgan fingerprint density at radius 3 is 2.22 bits per heavy atom. The van der Waals surface area contributed by atoms with E-state index in [9.17, 15) is 37.8 Å². The first-order chi connectivity index (χ1) is 14.9. The molecule has 1 saturated heterocycles. The fourth-order valence-corrected chi connectivity index (χ4v) is 5.30. The zero-order chi connectivity index (χ0) is 23.8. The zero-order valence-corrected chi connectivity index (χ0v) is 18.1. The number of rotatable bonds is 6. The molecule has 2 heterocycles. The van der Waals surface area contributed by atoms with Crippen LogP contribution >= 0.6 is 11.3 Å². The molecule has 2 aromatic rings. The first-order valence-corrected chi connectivity index (χ1v) is 10.8. The van der Waals surface area contributed by atoms with Crippen molar-refractivity contribution in [3.8, 4) is 0 Å². The number of carboxylic acids is 2. The Kier molecular flexibility index (Phi) is 6.37. The van der Waals surface area contributed by atoms with Gasteiger partial charge in [-0.15, -0.1) is 11.3 Å². The maximum Gasteiger partial charge on any atom is 0.416 e. The lowest BCUT2D eigenvalue weighted by atomic mass is 9.83. The van der Waals surface area contributed by atoms with Crippen LogP contribution in [0.15, 0.2) is 41.8 Å². The van der Waals surface area contributed by atoms with Crippen molar-refractivity contribution in [2.24, 2.45) is 11.8 Å². The maximum absolute atomic E-state index is 13.6. The fraction of sp³-hybridized carbons (Fsp3) is 0.409. The molecule has 0 spiro atoms. The van der Waals surface area contributed by atoms with Gasteiger partial charge in [0, 0.05) is 10.4 Å². The zero-order valence-electron chi connectivity index (χ0n) is 17.3. The minimum absolute atomic E-state index is 0.000360. The first kappa shape index (κ1) is 23.8. The van der Waals surface area contributed by atoms with Crippen molar-refractivity contribution >= 4 is 29.2 Å². The van der Waals surface area contributed by atoms with Gasteiger partial charge in [0.15, 0.2) is 0 Å². The summed E-state index contributed by atoms with van der Waals surface area (Å²) in [5.74, 6) is -4.76. The number of alkyl halides is 3. The molecular weight excluding hydrogens is 447 g/mol. The predicted molar refractivity (Wildman–Crippen MR) is 110 cm³/mol. The average molecular weight is 469 g/mol. The highest BCUT2D eigenvalue weighted by Gasteiger charge is 2.61. The third-order valence-electron chi connectivity index (χ3n) is 5.65. The minimum Gasteiger partial charge on any atom is -0.481 e. The Bertz CT molecular complexity index is 1000. The molecule has 32 heavy (non-hydrogen) atoms. The van der Waals surface area contributed by atoms with Crippen LogP contribution in [0.2, 0.25) is 0 Å². The molecule has 0 aliphatic carbocycles. The number of aliphatic carboxylic acids is 2. The van der Waals surface area contributed by atoms with E-state index in [-0.39, 0.29) is 24.3 Å². The van der Waals surface area contributed by atoms with Gasteiger partial charge in [-0.2, -0.15) is 13.2 Å². The second-order valence-corrected chi connectivity index (χ2v) is 9.27. The number of halogens is 3. The average Bonchev–Trinajstić information content (AvgIpc) is 3.33. The number of amides is 1. The molecule has 10 heteroatoms. The molecule has 0 unspecified atom stereocenters. The van der Waals surface area contributed by atoms with E-state index in [4.69, 9.17) is 0 Å². The van der Waals surface area contributed by atoms with E-state index in [1.807, 2.05) is 0 Å². The third kappa shape index (κ3) is 4.23. The van der Waals surface area contributed by atoms with Gasteiger partial charge in [0.2, 0.25) is 0 Å². The van der Waals surface area contributed by atoms with E-state index in [0.717, 1.165) is 29.2 Å². The molecule has 6 nitrogen and oxygen atoms in total. The second kappa shape index (κ2) is 8.57. The van der Waals surface area contributed by atoms with Gasteiger partial charge in [0.25, 0.3) is 5.91 Å². The van der Waals surface area contributed by atoms with Gasteiger partial charge < -0.3 is 15.1 Å². The molecule has 3 rings (SSSR count). The van der Waals surface area contributed by atoms with Crippen molar-refractivity contribution in [2.75, 3.05) is 0 Å². The molecular formula is C22H22F3NO5S. The molecule has 172 valence electrons. The monoisotopic (exact) mass is 469 g/mol. The largest absolute Gasteiger partial charge is 0.481 e. The highest BCUT2D eigenvalue weighted by atomic mass is 32.1. The van der Waals surface area contributed by atoms with Crippen molar-refractivity contribution in [1.29, 1.82) is 0 Å². The summed E-state index contributed by atoms with van der Waals surface area (Å²) in [4.78, 5) is 39.8. The quantitative estimate of drug-likeness (QED) is 0.626. The molecule has 0 bridgehead atoms. The van der Waals surface area contributed by atoms with Crippen LogP contribution in [0.25, 0.3) is 0 Å². The van der Waals surface area contributed by atoms with Crippen LogP contribution in [-0.2, 0) is 15.8 Å². The van der Waals surface area contributed by atoms with E-state index in [1.165, 1.54) is 11.3 Å². The molecule has 1 amide bonds. The number of thiophene rings is 1. The van der Waals surface area contributed by atoms with Crippen molar-refractivity contribution in [3.63, 3.8) is 0 Å². The van der Waals surface area contributed by atoms with Crippen molar-refractivity contribution < 1.29 is 37.8 Å². The number of hydrogen-bond donors (Lipinski definition) is 2. The number of carbonyl (C=O) groups excluding carboxylic acids is 1. The fourth-order valence-electron chi connectivity index (χ4n) is 4.42. The van der Waals surface area contributed by atoms with Gasteiger partial charge in [0.1, 0.15) is 5.54 Å². The van der Waals surface area contributed by atoms with Crippen molar-refractivity contribution in [1.82, 2.24) is 4.90 Å². The smallest absolute Gasteiger partial charge is 0.416 e. The van der Waals surface area contributed by atoms with Gasteiger partial charge in [-0.3, -0.25) is 9.59 Å². The van der Waals surface area contributed by atoms with E-state index >= 15 is 0 Å². The number of nitrogens with zero attached hydrogens (tertiary/aromatic N) is 1. The maximum atomic E-state index is 13.6. The Labute approximate surface area is 186 Å². The van der Waals surface area contributed by atoms with Crippen LogP contribution in [0.5, 0.6) is 0 Å². The Balaban J connectivity index is 2.17. The Morgan fingerprint density at radius 2 is 1.78 bits per heavy atom. The highest BCUT2D eigenvalue weighted by molar-refractivity contribution is 7.10. The van der Waals surface area contributed by atoms with E-state index < -0.39 is 47.1 Å². The Hall–Kier alpha value is -2.88. The highest BCUT2D eigenvalue weighted by Crippen LogP contribution is 2.51. The topological polar surface area (TPSA) is 94.9 Å². The SMILES string of the molecule is CC(C)C[C@@]1(C(=O)O)C[C@H](C(=O)O)[C@@H](c2cccs2)N1C(=O)c1ccc(C(F)(F)F)cc1. The van der Waals surface area contributed by atoms with E-state index in [1.54, 1.807) is 31.4 Å². The van der Waals surface area contributed by atoms with Gasteiger partial charge in [-0.05, 0) is 54.5 Å². The van der Waals surface area contributed by atoms with Crippen LogP contribution in [0.1, 0.15) is 53.5 Å². The van der Waals surface area contributed by atoms with Gasteiger partial charge >= 0.3 is 18.1 Å². The molecule has 2 N–H and O–H groups in total. The lowest BCUT2D eigenvalue weighted by Gasteiger charge is -2.39.